The molecule has 0 radical (unpaired) electrons. The summed E-state index contributed by atoms with van der Waals surface area (Å²) in [7, 11) is 2.91. The lowest BCUT2D eigenvalue weighted by Crippen LogP contribution is -2.24. The Kier molecular flexibility index (Phi) is 8.56. The fourth-order valence-corrected chi connectivity index (χ4v) is 3.10. The Hall–Kier alpha value is -4.40. The van der Waals surface area contributed by atoms with Crippen LogP contribution >= 0.6 is 0 Å². The first-order valence-electron chi connectivity index (χ1n) is 10.6. The molecule has 0 fully saturated rings. The molecular weight excluding hydrogens is 436 g/mol. The Morgan fingerprint density at radius 1 is 0.794 bits per heavy atom. The molecule has 9 heteroatoms. The average Bonchev–Trinajstić information content (AvgIpc) is 2.87. The number of hydrogen-bond donors (Lipinski definition) is 3. The van der Waals surface area contributed by atoms with Gasteiger partial charge in [0.1, 0.15) is 11.5 Å². The smallest absolute Gasteiger partial charge is 0.255 e. The van der Waals surface area contributed by atoms with E-state index in [4.69, 9.17) is 9.47 Å². The minimum absolute atomic E-state index is 0.0172. The molecule has 0 saturated heterocycles. The van der Waals surface area contributed by atoms with E-state index >= 15 is 0 Å². The molecule has 3 amide bonds. The number of rotatable bonds is 10. The standard InChI is InChI=1S/C25H26N4O5/c1-33-21-15-20(29-25(32)17-8-4-3-5-9-17)22(34-2)14-19(21)28-24(31)12-11-23(30)27-16-18-10-6-7-13-26-18/h3-10,13-15H,11-12,16H2,1-2H3,(H,27,30)(H,28,31)(H,29,32). The number of hydrogen-bond acceptors (Lipinski definition) is 6. The van der Waals surface area contributed by atoms with Crippen molar-refractivity contribution in [3.8, 4) is 11.5 Å². The monoisotopic (exact) mass is 462 g/mol. The van der Waals surface area contributed by atoms with Crippen LogP contribution in [-0.2, 0) is 16.1 Å². The number of pyridine rings is 1. The zero-order valence-electron chi connectivity index (χ0n) is 19.0. The van der Waals surface area contributed by atoms with Crippen LogP contribution in [0.15, 0.2) is 66.9 Å². The van der Waals surface area contributed by atoms with Gasteiger partial charge in [0, 0.05) is 36.7 Å². The molecule has 1 heterocycles. The van der Waals surface area contributed by atoms with Gasteiger partial charge >= 0.3 is 0 Å². The highest BCUT2D eigenvalue weighted by atomic mass is 16.5. The molecule has 3 N–H and O–H groups in total. The molecule has 2 aromatic carbocycles. The normalized spacial score (nSPS) is 10.2. The number of nitrogens with one attached hydrogen (secondary N) is 3. The van der Waals surface area contributed by atoms with Crippen LogP contribution in [0.3, 0.4) is 0 Å². The van der Waals surface area contributed by atoms with E-state index in [1.165, 1.54) is 14.2 Å². The van der Waals surface area contributed by atoms with Crippen molar-refractivity contribution in [3.63, 3.8) is 0 Å². The number of anilines is 2. The third-order valence-electron chi connectivity index (χ3n) is 4.85. The summed E-state index contributed by atoms with van der Waals surface area (Å²) in [6.07, 6.45) is 1.64. The maximum absolute atomic E-state index is 12.5. The van der Waals surface area contributed by atoms with Crippen LogP contribution in [0.4, 0.5) is 11.4 Å². The molecule has 0 bridgehead atoms. The van der Waals surface area contributed by atoms with Crippen molar-refractivity contribution in [2.75, 3.05) is 24.9 Å². The molecule has 0 aliphatic rings. The zero-order chi connectivity index (χ0) is 24.3. The fourth-order valence-electron chi connectivity index (χ4n) is 3.10. The van der Waals surface area contributed by atoms with Gasteiger partial charge in [-0.15, -0.1) is 0 Å². The molecule has 0 aliphatic heterocycles. The van der Waals surface area contributed by atoms with Crippen LogP contribution in [0.2, 0.25) is 0 Å². The van der Waals surface area contributed by atoms with Crippen molar-refractivity contribution in [1.29, 1.82) is 0 Å². The van der Waals surface area contributed by atoms with Crippen LogP contribution in [0, 0.1) is 0 Å². The van der Waals surface area contributed by atoms with Crippen molar-refractivity contribution >= 4 is 29.1 Å². The molecule has 0 spiro atoms. The summed E-state index contributed by atoms with van der Waals surface area (Å²) in [5, 5.41) is 8.25. The molecule has 1 aromatic heterocycles. The molecule has 34 heavy (non-hydrogen) atoms. The molecule has 176 valence electrons. The van der Waals surface area contributed by atoms with Gasteiger partial charge in [0.25, 0.3) is 5.91 Å². The lowest BCUT2D eigenvalue weighted by molar-refractivity contribution is -0.124. The summed E-state index contributed by atoms with van der Waals surface area (Å²) in [4.78, 5) is 41.1. The van der Waals surface area contributed by atoms with E-state index in [0.29, 0.717) is 35.0 Å². The van der Waals surface area contributed by atoms with E-state index in [2.05, 4.69) is 20.9 Å². The highest BCUT2D eigenvalue weighted by Crippen LogP contribution is 2.36. The van der Waals surface area contributed by atoms with Gasteiger partial charge in [-0.25, -0.2) is 0 Å². The third kappa shape index (κ3) is 6.80. The van der Waals surface area contributed by atoms with Crippen LogP contribution in [0.1, 0.15) is 28.9 Å². The van der Waals surface area contributed by atoms with E-state index < -0.39 is 0 Å². The van der Waals surface area contributed by atoms with E-state index in [1.54, 1.807) is 54.7 Å². The van der Waals surface area contributed by atoms with Crippen molar-refractivity contribution in [2.45, 2.75) is 19.4 Å². The van der Waals surface area contributed by atoms with E-state index in [1.807, 2.05) is 12.1 Å². The Balaban J connectivity index is 1.60. The summed E-state index contributed by atoms with van der Waals surface area (Å²) in [5.41, 5.74) is 1.97. The summed E-state index contributed by atoms with van der Waals surface area (Å²) in [6.45, 7) is 0.294. The lowest BCUT2D eigenvalue weighted by atomic mass is 10.2. The molecule has 3 rings (SSSR count). The van der Waals surface area contributed by atoms with Gasteiger partial charge in [-0.3, -0.25) is 19.4 Å². The first kappa shape index (κ1) is 24.2. The summed E-state index contributed by atoms with van der Waals surface area (Å²) < 4.78 is 10.8. The summed E-state index contributed by atoms with van der Waals surface area (Å²) in [5.74, 6) is -0.265. The zero-order valence-corrected chi connectivity index (χ0v) is 19.0. The predicted octanol–water partition coefficient (Wildman–Crippen LogP) is 3.39. The van der Waals surface area contributed by atoms with E-state index in [0.717, 1.165) is 5.69 Å². The first-order valence-corrected chi connectivity index (χ1v) is 10.6. The average molecular weight is 463 g/mol. The number of ether oxygens (including phenoxy) is 2. The molecule has 9 nitrogen and oxygen atoms in total. The van der Waals surface area contributed by atoms with Crippen molar-refractivity contribution in [2.24, 2.45) is 0 Å². The van der Waals surface area contributed by atoms with E-state index in [9.17, 15) is 14.4 Å². The van der Waals surface area contributed by atoms with Gasteiger partial charge in [-0.2, -0.15) is 0 Å². The Morgan fingerprint density at radius 3 is 2.03 bits per heavy atom. The van der Waals surface area contributed by atoms with Gasteiger partial charge in [0.2, 0.25) is 11.8 Å². The fraction of sp³-hybridized carbons (Fsp3) is 0.200. The van der Waals surface area contributed by atoms with Crippen molar-refractivity contribution < 1.29 is 23.9 Å². The number of nitrogens with zero attached hydrogens (tertiary/aromatic N) is 1. The molecular formula is C25H26N4O5. The second-order valence-corrected chi connectivity index (χ2v) is 7.22. The number of methoxy groups -OCH3 is 2. The highest BCUT2D eigenvalue weighted by molar-refractivity contribution is 6.05. The number of aromatic nitrogens is 1. The van der Waals surface area contributed by atoms with Crippen LogP contribution in [0.25, 0.3) is 0 Å². The minimum atomic E-state index is -0.366. The van der Waals surface area contributed by atoms with Gasteiger partial charge < -0.3 is 25.4 Å². The maximum Gasteiger partial charge on any atom is 0.255 e. The number of carbonyl (C=O) groups is 3. The first-order chi connectivity index (χ1) is 16.5. The largest absolute Gasteiger partial charge is 0.494 e. The molecule has 0 aliphatic carbocycles. The quantitative estimate of drug-likeness (QED) is 0.425. The molecule has 0 saturated carbocycles. The predicted molar refractivity (Wildman–Crippen MR) is 128 cm³/mol. The van der Waals surface area contributed by atoms with E-state index in [-0.39, 0.29) is 30.6 Å². The molecule has 0 unspecified atom stereocenters. The van der Waals surface area contributed by atoms with Crippen LogP contribution < -0.4 is 25.4 Å². The topological polar surface area (TPSA) is 119 Å². The number of carbonyl (C=O) groups excluding carboxylic acids is 3. The Labute approximate surface area is 197 Å². The number of benzene rings is 2. The third-order valence-corrected chi connectivity index (χ3v) is 4.85. The Morgan fingerprint density at radius 2 is 1.41 bits per heavy atom. The van der Waals surface area contributed by atoms with Crippen LogP contribution in [-0.4, -0.2) is 36.9 Å². The molecule has 3 aromatic rings. The second kappa shape index (κ2) is 12.0. The minimum Gasteiger partial charge on any atom is -0.494 e. The number of amides is 3. The Bertz CT molecular complexity index is 1140. The van der Waals surface area contributed by atoms with Crippen molar-refractivity contribution in [1.82, 2.24) is 10.3 Å². The highest BCUT2D eigenvalue weighted by Gasteiger charge is 2.16. The van der Waals surface area contributed by atoms with Crippen LogP contribution in [0.5, 0.6) is 11.5 Å². The van der Waals surface area contributed by atoms with Crippen molar-refractivity contribution in [3.05, 3.63) is 78.1 Å². The lowest BCUT2D eigenvalue weighted by Gasteiger charge is -2.16. The summed E-state index contributed by atoms with van der Waals surface area (Å²) in [6, 6.07) is 17.3. The van der Waals surface area contributed by atoms with Gasteiger partial charge in [-0.05, 0) is 24.3 Å². The van der Waals surface area contributed by atoms with Gasteiger partial charge in [0.15, 0.2) is 0 Å². The maximum atomic E-state index is 12.5. The molecule has 0 atom stereocenters. The summed E-state index contributed by atoms with van der Waals surface area (Å²) >= 11 is 0. The second-order valence-electron chi connectivity index (χ2n) is 7.22. The SMILES string of the molecule is COc1cc(NC(=O)c2ccccc2)c(OC)cc1NC(=O)CCC(=O)NCc1ccccn1. The van der Waals surface area contributed by atoms with Gasteiger partial charge in [-0.1, -0.05) is 24.3 Å². The van der Waals surface area contributed by atoms with Gasteiger partial charge in [0.05, 0.1) is 37.8 Å².